The van der Waals surface area contributed by atoms with Crippen molar-refractivity contribution in [2.24, 2.45) is 5.16 Å². The summed E-state index contributed by atoms with van der Waals surface area (Å²) >= 11 is 7.33. The summed E-state index contributed by atoms with van der Waals surface area (Å²) in [5.74, 6) is 1.46. The van der Waals surface area contributed by atoms with E-state index in [1.54, 1.807) is 0 Å². The van der Waals surface area contributed by atoms with E-state index < -0.39 is 0 Å². The molecule has 1 aliphatic carbocycles. The van der Waals surface area contributed by atoms with E-state index in [4.69, 9.17) is 18.9 Å². The maximum Gasteiger partial charge on any atom is 0.134 e. The molecule has 2 fully saturated rings. The highest BCUT2D eigenvalue weighted by Gasteiger charge is 2.29. The quantitative estimate of drug-likeness (QED) is 0.273. The molecule has 2 aliphatic heterocycles. The largest absolute Gasteiger partial charge is 0.491 e. The van der Waals surface area contributed by atoms with Gasteiger partial charge in [-0.1, -0.05) is 5.16 Å². The van der Waals surface area contributed by atoms with Gasteiger partial charge in [0.15, 0.2) is 0 Å². The van der Waals surface area contributed by atoms with Crippen molar-refractivity contribution in [3.8, 4) is 22.6 Å². The van der Waals surface area contributed by atoms with Crippen molar-refractivity contribution in [1.82, 2.24) is 9.80 Å². The van der Waals surface area contributed by atoms with Crippen LogP contribution in [-0.2, 0) is 9.47 Å². The highest BCUT2D eigenvalue weighted by molar-refractivity contribution is 9.11. The zero-order chi connectivity index (χ0) is 24.2. The zero-order valence-corrected chi connectivity index (χ0v) is 25.1. The summed E-state index contributed by atoms with van der Waals surface area (Å²) < 4.78 is 24.8. The third kappa shape index (κ3) is 7.10. The minimum Gasteiger partial charge on any atom is -0.491 e. The lowest BCUT2D eigenvalue weighted by Crippen LogP contribution is -2.38. The van der Waals surface area contributed by atoms with Gasteiger partial charge in [-0.05, 0) is 67.3 Å². The monoisotopic (exact) mass is 681 g/mol. The van der Waals surface area contributed by atoms with Crippen LogP contribution in [0, 0.1) is 0 Å². The Morgan fingerprint density at radius 2 is 1.11 bits per heavy atom. The van der Waals surface area contributed by atoms with Crippen LogP contribution < -0.4 is 9.47 Å². The van der Waals surface area contributed by atoms with Crippen molar-refractivity contribution in [1.29, 1.82) is 0 Å². The molecule has 2 heterocycles. The second-order valence-electron chi connectivity index (χ2n) is 8.71. The van der Waals surface area contributed by atoms with E-state index in [2.05, 4.69) is 46.8 Å². The van der Waals surface area contributed by atoms with Gasteiger partial charge in [-0.2, -0.15) is 0 Å². The predicted molar refractivity (Wildman–Crippen MR) is 155 cm³/mol. The lowest BCUT2D eigenvalue weighted by atomic mass is 10.1. The molecule has 0 saturated carbocycles. The van der Waals surface area contributed by atoms with Gasteiger partial charge >= 0.3 is 0 Å². The molecule has 5 rings (SSSR count). The van der Waals surface area contributed by atoms with Crippen LogP contribution in [0.2, 0.25) is 0 Å². The fourth-order valence-corrected chi connectivity index (χ4v) is 5.55. The Kier molecular flexibility index (Phi) is 11.8. The maximum absolute atomic E-state index is 9.92. The Morgan fingerprint density at radius 1 is 0.703 bits per heavy atom. The molecule has 37 heavy (non-hydrogen) atoms. The molecule has 3 aliphatic rings. The van der Waals surface area contributed by atoms with Gasteiger partial charge in [-0.25, -0.2) is 0 Å². The van der Waals surface area contributed by atoms with E-state index in [-0.39, 0.29) is 24.8 Å². The first-order valence-electron chi connectivity index (χ1n) is 11.9. The number of oxime groups is 1. The van der Waals surface area contributed by atoms with E-state index in [1.807, 2.05) is 24.3 Å². The Hall–Kier alpha value is -1.11. The van der Waals surface area contributed by atoms with Gasteiger partial charge in [0.1, 0.15) is 30.4 Å². The third-order valence-electron chi connectivity index (χ3n) is 6.58. The molecule has 2 saturated heterocycles. The Bertz CT molecular complexity index is 1010. The average molecular weight is 684 g/mol. The van der Waals surface area contributed by atoms with Gasteiger partial charge in [0.05, 0.1) is 35.4 Å². The maximum atomic E-state index is 9.92. The van der Waals surface area contributed by atoms with Crippen molar-refractivity contribution in [2.45, 2.75) is 0 Å². The molecular formula is C25H31Br2Cl2N3O5. The van der Waals surface area contributed by atoms with Gasteiger partial charge in [0, 0.05) is 50.4 Å². The van der Waals surface area contributed by atoms with E-state index in [1.165, 1.54) is 0 Å². The van der Waals surface area contributed by atoms with Crippen LogP contribution in [0.1, 0.15) is 11.1 Å². The standard InChI is InChI=1S/C25H29Br2N3O5.2ClH/c26-21-13-17-18-14-22(27)24(35-12-6-30-3-9-33-10-4-30)16-20(18)25(28-31)19(17)15-23(21)34-11-5-29-1-7-32-8-2-29;;/h13-16,31H,1-12H2;2*1H. The van der Waals surface area contributed by atoms with Crippen LogP contribution in [-0.4, -0.2) is 99.6 Å². The van der Waals surface area contributed by atoms with Crippen molar-refractivity contribution in [3.63, 3.8) is 0 Å². The molecule has 204 valence electrons. The molecule has 8 nitrogen and oxygen atoms in total. The van der Waals surface area contributed by atoms with Crippen LogP contribution in [0.4, 0.5) is 0 Å². The van der Waals surface area contributed by atoms with Crippen molar-refractivity contribution < 1.29 is 24.2 Å². The fourth-order valence-electron chi connectivity index (χ4n) is 4.64. The SMILES string of the molecule is Cl.Cl.ON=C1c2cc(OCCN3CCOCC3)c(Br)cc2-c2cc(Br)c(OCCN3CCOCC3)cc21. The van der Waals surface area contributed by atoms with Crippen molar-refractivity contribution >= 4 is 62.4 Å². The van der Waals surface area contributed by atoms with Gasteiger partial charge in [-0.3, -0.25) is 9.80 Å². The number of rotatable bonds is 8. The van der Waals surface area contributed by atoms with Gasteiger partial charge in [-0.15, -0.1) is 24.8 Å². The minimum atomic E-state index is 0. The highest BCUT2D eigenvalue weighted by atomic mass is 79.9. The van der Waals surface area contributed by atoms with Crippen molar-refractivity contribution in [2.75, 3.05) is 78.9 Å². The number of hydrogen-bond acceptors (Lipinski definition) is 8. The summed E-state index contributed by atoms with van der Waals surface area (Å²) in [6, 6.07) is 7.95. The summed E-state index contributed by atoms with van der Waals surface area (Å²) in [5.41, 5.74) is 4.17. The van der Waals surface area contributed by atoms with Crippen LogP contribution in [0.5, 0.6) is 11.5 Å². The molecule has 2 aromatic carbocycles. The molecular weight excluding hydrogens is 653 g/mol. The number of fused-ring (bicyclic) bond motifs is 3. The smallest absolute Gasteiger partial charge is 0.134 e. The first-order valence-corrected chi connectivity index (χ1v) is 13.5. The number of benzene rings is 2. The van der Waals surface area contributed by atoms with E-state index >= 15 is 0 Å². The fraction of sp³-hybridized carbons (Fsp3) is 0.480. The topological polar surface area (TPSA) is 76.0 Å². The summed E-state index contributed by atoms with van der Waals surface area (Å²) in [4.78, 5) is 4.67. The Morgan fingerprint density at radius 3 is 1.49 bits per heavy atom. The molecule has 0 bridgehead atoms. The van der Waals surface area contributed by atoms with Crippen LogP contribution in [0.3, 0.4) is 0 Å². The van der Waals surface area contributed by atoms with Gasteiger partial charge in [0.25, 0.3) is 0 Å². The Balaban J connectivity index is 0.00000190. The molecule has 0 aromatic heterocycles. The van der Waals surface area contributed by atoms with E-state index in [0.717, 1.165) is 108 Å². The third-order valence-corrected chi connectivity index (χ3v) is 7.82. The molecule has 12 heteroatoms. The molecule has 0 radical (unpaired) electrons. The second-order valence-corrected chi connectivity index (χ2v) is 10.4. The van der Waals surface area contributed by atoms with E-state index in [9.17, 15) is 5.21 Å². The number of ether oxygens (including phenoxy) is 4. The molecule has 1 N–H and O–H groups in total. The average Bonchev–Trinajstić information content (AvgIpc) is 3.16. The van der Waals surface area contributed by atoms with E-state index in [0.29, 0.717) is 18.9 Å². The Labute approximate surface area is 246 Å². The molecule has 0 spiro atoms. The molecule has 0 unspecified atom stereocenters. The number of hydrogen-bond donors (Lipinski definition) is 1. The van der Waals surface area contributed by atoms with Crippen LogP contribution >= 0.6 is 56.7 Å². The van der Waals surface area contributed by atoms with Crippen LogP contribution in [0.25, 0.3) is 11.1 Å². The van der Waals surface area contributed by atoms with Crippen molar-refractivity contribution in [3.05, 3.63) is 44.3 Å². The number of halogens is 4. The predicted octanol–water partition coefficient (Wildman–Crippen LogP) is 4.68. The second kappa shape index (κ2) is 14.3. The summed E-state index contributed by atoms with van der Waals surface area (Å²) in [5, 5.41) is 13.6. The summed E-state index contributed by atoms with van der Waals surface area (Å²) in [6.07, 6.45) is 0. The van der Waals surface area contributed by atoms with Gasteiger partial charge in [0.2, 0.25) is 0 Å². The zero-order valence-electron chi connectivity index (χ0n) is 20.3. The summed E-state index contributed by atoms with van der Waals surface area (Å²) in [7, 11) is 0. The molecule has 0 amide bonds. The molecule has 2 aromatic rings. The lowest BCUT2D eigenvalue weighted by Gasteiger charge is -2.26. The lowest BCUT2D eigenvalue weighted by molar-refractivity contribution is 0.0321. The van der Waals surface area contributed by atoms with Gasteiger partial charge < -0.3 is 24.2 Å². The summed E-state index contributed by atoms with van der Waals surface area (Å²) in [6.45, 7) is 9.61. The minimum absolute atomic E-state index is 0. The first kappa shape index (κ1) is 30.4. The first-order chi connectivity index (χ1) is 17.1. The highest BCUT2D eigenvalue weighted by Crippen LogP contribution is 2.45. The number of nitrogens with zero attached hydrogens (tertiary/aromatic N) is 3. The normalized spacial score (nSPS) is 17.3. The van der Waals surface area contributed by atoms with Crippen LogP contribution in [0.15, 0.2) is 38.4 Å². The molecule has 0 atom stereocenters. The number of morpholine rings is 2.